The molecule has 6 amide bonds. The number of aliphatic hydroxyl groups is 2. The summed E-state index contributed by atoms with van der Waals surface area (Å²) in [6.07, 6.45) is -2.81. The van der Waals surface area contributed by atoms with E-state index in [0.717, 1.165) is 0 Å². The highest BCUT2D eigenvalue weighted by molar-refractivity contribution is 5.98. The minimum absolute atomic E-state index is 0.00240. The first kappa shape index (κ1) is 38.4. The van der Waals surface area contributed by atoms with Crippen molar-refractivity contribution >= 4 is 35.4 Å². The summed E-state index contributed by atoms with van der Waals surface area (Å²) in [5.41, 5.74) is 1.21. The van der Waals surface area contributed by atoms with Crippen LogP contribution in [0.15, 0.2) is 54.6 Å². The molecule has 15 nitrogen and oxygen atoms in total. The molecule has 2 aromatic rings. The zero-order valence-electron chi connectivity index (χ0n) is 27.9. The highest BCUT2D eigenvalue weighted by Crippen LogP contribution is 2.14. The van der Waals surface area contributed by atoms with Crippen molar-refractivity contribution in [2.75, 3.05) is 6.54 Å². The van der Waals surface area contributed by atoms with E-state index in [1.807, 2.05) is 13.8 Å². The first-order chi connectivity index (χ1) is 23.1. The molecule has 1 aliphatic rings. The summed E-state index contributed by atoms with van der Waals surface area (Å²) in [5, 5.41) is 45.5. The van der Waals surface area contributed by atoms with Gasteiger partial charge in [0.1, 0.15) is 36.0 Å². The number of carbonyl (C=O) groups is 6. The van der Waals surface area contributed by atoms with Crippen LogP contribution in [-0.4, -0.2) is 99.7 Å². The quantitative estimate of drug-likeness (QED) is 0.158. The normalized spacial score (nSPS) is 24.6. The summed E-state index contributed by atoms with van der Waals surface area (Å²) in [6.45, 7) is 5.48. The number of nitrogens with one attached hydrogen (secondary N) is 6. The molecule has 1 heterocycles. The van der Waals surface area contributed by atoms with E-state index in [1.54, 1.807) is 42.5 Å². The Balaban J connectivity index is 2.05. The third-order valence-electron chi connectivity index (χ3n) is 7.83. The van der Waals surface area contributed by atoms with Crippen LogP contribution in [0.1, 0.15) is 45.2 Å². The van der Waals surface area contributed by atoms with E-state index >= 15 is 0 Å². The second-order valence-electron chi connectivity index (χ2n) is 12.6. The molecular formula is C34H46N6O9. The van der Waals surface area contributed by atoms with Crippen molar-refractivity contribution in [1.29, 1.82) is 0 Å². The third-order valence-corrected chi connectivity index (χ3v) is 7.83. The Morgan fingerprint density at radius 2 is 1.06 bits per heavy atom. The minimum atomic E-state index is -1.56. The number of phenols is 1. The summed E-state index contributed by atoms with van der Waals surface area (Å²) >= 11 is 0. The van der Waals surface area contributed by atoms with Crippen LogP contribution in [0.5, 0.6) is 5.75 Å². The topological polar surface area (TPSA) is 235 Å². The lowest BCUT2D eigenvalue weighted by molar-refractivity contribution is -0.137. The molecule has 0 aromatic heterocycles. The molecule has 49 heavy (non-hydrogen) atoms. The predicted molar refractivity (Wildman–Crippen MR) is 177 cm³/mol. The molecule has 266 valence electrons. The third kappa shape index (κ3) is 11.9. The monoisotopic (exact) mass is 682 g/mol. The lowest BCUT2D eigenvalue weighted by atomic mass is 9.99. The minimum Gasteiger partial charge on any atom is -0.508 e. The van der Waals surface area contributed by atoms with Gasteiger partial charge in [0.25, 0.3) is 0 Å². The van der Waals surface area contributed by atoms with Crippen molar-refractivity contribution in [3.8, 4) is 5.75 Å². The largest absolute Gasteiger partial charge is 0.508 e. The molecule has 9 N–H and O–H groups in total. The Bertz CT molecular complexity index is 1470. The Hall–Kier alpha value is -5.02. The van der Waals surface area contributed by atoms with Gasteiger partial charge in [-0.15, -0.1) is 0 Å². The smallest absolute Gasteiger partial charge is 0.245 e. The fourth-order valence-electron chi connectivity index (χ4n) is 5.21. The maximum atomic E-state index is 13.8. The summed E-state index contributed by atoms with van der Waals surface area (Å²) in [6, 6.07) is 7.82. The van der Waals surface area contributed by atoms with E-state index < -0.39 is 84.4 Å². The fraction of sp³-hybridized carbons (Fsp3) is 0.471. The van der Waals surface area contributed by atoms with Gasteiger partial charge in [0, 0.05) is 12.8 Å². The average Bonchev–Trinajstić information content (AvgIpc) is 3.04. The van der Waals surface area contributed by atoms with Crippen LogP contribution in [0, 0.1) is 5.92 Å². The highest BCUT2D eigenvalue weighted by Gasteiger charge is 2.35. The number of hydrogen-bond acceptors (Lipinski definition) is 9. The van der Waals surface area contributed by atoms with E-state index in [2.05, 4.69) is 31.9 Å². The fourth-order valence-corrected chi connectivity index (χ4v) is 5.21. The molecule has 1 saturated heterocycles. The number of amides is 6. The van der Waals surface area contributed by atoms with E-state index in [0.29, 0.717) is 11.1 Å². The lowest BCUT2D eigenvalue weighted by Crippen LogP contribution is -2.62. The number of rotatable bonds is 8. The Labute approximate surface area is 284 Å². The predicted octanol–water partition coefficient (Wildman–Crippen LogP) is -1.46. The van der Waals surface area contributed by atoms with Crippen molar-refractivity contribution in [2.24, 2.45) is 5.92 Å². The summed E-state index contributed by atoms with van der Waals surface area (Å²) in [7, 11) is 0. The van der Waals surface area contributed by atoms with Gasteiger partial charge in [-0.3, -0.25) is 28.8 Å². The molecule has 2 aromatic carbocycles. The molecular weight excluding hydrogens is 636 g/mol. The van der Waals surface area contributed by atoms with Crippen LogP contribution in [0.25, 0.3) is 0 Å². The number of aliphatic hydroxyl groups excluding tert-OH is 2. The second kappa shape index (κ2) is 17.9. The van der Waals surface area contributed by atoms with Crippen LogP contribution in [0.4, 0.5) is 0 Å². The van der Waals surface area contributed by atoms with E-state index in [4.69, 9.17) is 0 Å². The molecule has 15 heteroatoms. The molecule has 0 spiro atoms. The van der Waals surface area contributed by atoms with Crippen molar-refractivity contribution in [1.82, 2.24) is 31.9 Å². The lowest BCUT2D eigenvalue weighted by Gasteiger charge is -2.29. The van der Waals surface area contributed by atoms with Gasteiger partial charge in [0.15, 0.2) is 0 Å². The molecule has 0 radical (unpaired) electrons. The molecule has 0 saturated carbocycles. The van der Waals surface area contributed by atoms with E-state index in [1.165, 1.54) is 26.0 Å². The Morgan fingerprint density at radius 3 is 1.61 bits per heavy atom. The van der Waals surface area contributed by atoms with Gasteiger partial charge in [0.05, 0.1) is 18.8 Å². The van der Waals surface area contributed by atoms with Crippen LogP contribution < -0.4 is 31.9 Å². The maximum absolute atomic E-state index is 13.8. The van der Waals surface area contributed by atoms with Crippen LogP contribution in [0.2, 0.25) is 0 Å². The van der Waals surface area contributed by atoms with Gasteiger partial charge in [-0.25, -0.2) is 0 Å². The molecule has 3 rings (SSSR count). The number of phenolic OH excluding ortho intramolecular Hbond substituents is 1. The summed E-state index contributed by atoms with van der Waals surface area (Å²) in [5.74, 6) is -5.11. The number of benzene rings is 2. The number of carbonyl (C=O) groups excluding carboxylic acids is 6. The van der Waals surface area contributed by atoms with Crippen molar-refractivity contribution in [3.05, 3.63) is 65.7 Å². The van der Waals surface area contributed by atoms with Gasteiger partial charge in [-0.05, 0) is 49.4 Å². The number of aromatic hydroxyl groups is 1. The van der Waals surface area contributed by atoms with Gasteiger partial charge >= 0.3 is 0 Å². The second-order valence-corrected chi connectivity index (χ2v) is 12.6. The average molecular weight is 683 g/mol. The van der Waals surface area contributed by atoms with Gasteiger partial charge in [-0.1, -0.05) is 56.3 Å². The van der Waals surface area contributed by atoms with Gasteiger partial charge < -0.3 is 47.2 Å². The molecule has 0 unspecified atom stereocenters. The van der Waals surface area contributed by atoms with Crippen molar-refractivity contribution < 1.29 is 44.1 Å². The summed E-state index contributed by atoms with van der Waals surface area (Å²) in [4.78, 5) is 80.6. The zero-order valence-corrected chi connectivity index (χ0v) is 27.9. The standard InChI is InChI=1S/C34H46N6O9/c1-18(2)14-24-30(45)37-26(16-22-10-12-23(43)13-11-22)32(47)40-28(19(3)41)33(48)35-17-27(44)39-29(20(4)42)34(49)38-25(31(46)36-24)15-21-8-6-5-7-9-21/h5-13,18-20,24-26,28-29,41-43H,14-17H2,1-4H3,(H,35,48)(H,36,46)(H,37,45)(H,38,49)(H,39,44)(H,40,47)/t19-,20-,24-,25-,26-,28-,29-/m0/s1. The molecule has 1 fully saturated rings. The molecule has 1 aliphatic heterocycles. The van der Waals surface area contributed by atoms with Crippen LogP contribution >= 0.6 is 0 Å². The Kier molecular flexibility index (Phi) is 14.1. The number of hydrogen-bond donors (Lipinski definition) is 9. The SMILES string of the molecule is CC(C)C[C@@H]1NC(=O)[C@H](Cc2ccccc2)NC(=O)[C@H]([C@H](C)O)NC(=O)CNC(=O)[C@H]([C@H](C)O)NC(=O)[C@H](Cc2ccc(O)cc2)NC1=O. The Morgan fingerprint density at radius 1 is 0.592 bits per heavy atom. The van der Waals surface area contributed by atoms with Crippen molar-refractivity contribution in [2.45, 2.75) is 89.4 Å². The van der Waals surface area contributed by atoms with Crippen LogP contribution in [0.3, 0.4) is 0 Å². The maximum Gasteiger partial charge on any atom is 0.245 e. The zero-order chi connectivity index (χ0) is 36.2. The molecule has 7 atom stereocenters. The highest BCUT2D eigenvalue weighted by atomic mass is 16.3. The first-order valence-electron chi connectivity index (χ1n) is 16.1. The first-order valence-corrected chi connectivity index (χ1v) is 16.1. The van der Waals surface area contributed by atoms with Gasteiger partial charge in [-0.2, -0.15) is 0 Å². The molecule has 0 aliphatic carbocycles. The van der Waals surface area contributed by atoms with Crippen molar-refractivity contribution in [3.63, 3.8) is 0 Å². The van der Waals surface area contributed by atoms with Gasteiger partial charge in [0.2, 0.25) is 35.4 Å². The molecule has 0 bridgehead atoms. The summed E-state index contributed by atoms with van der Waals surface area (Å²) < 4.78 is 0. The van der Waals surface area contributed by atoms with E-state index in [9.17, 15) is 44.1 Å². The van der Waals surface area contributed by atoms with E-state index in [-0.39, 0.29) is 30.9 Å². The van der Waals surface area contributed by atoms with Crippen LogP contribution in [-0.2, 0) is 41.6 Å².